The molecule has 1 unspecified atom stereocenters. The van der Waals surface area contributed by atoms with Crippen LogP contribution in [0.1, 0.15) is 30.0 Å². The van der Waals surface area contributed by atoms with Crippen LogP contribution in [0, 0.1) is 5.92 Å². The van der Waals surface area contributed by atoms with Gasteiger partial charge >= 0.3 is 0 Å². The van der Waals surface area contributed by atoms with Gasteiger partial charge < -0.3 is 10.1 Å². The van der Waals surface area contributed by atoms with Gasteiger partial charge in [0, 0.05) is 12.6 Å². The van der Waals surface area contributed by atoms with Gasteiger partial charge in [-0.3, -0.25) is 0 Å². The van der Waals surface area contributed by atoms with Crippen molar-refractivity contribution < 1.29 is 4.74 Å². The number of hydrogen-bond acceptors (Lipinski definition) is 2. The molecule has 2 heteroatoms. The molecule has 2 nitrogen and oxygen atoms in total. The highest BCUT2D eigenvalue weighted by atomic mass is 16.5. The van der Waals surface area contributed by atoms with E-state index in [-0.39, 0.29) is 0 Å². The Morgan fingerprint density at radius 3 is 2.35 bits per heavy atom. The second-order valence-corrected chi connectivity index (χ2v) is 5.45. The number of methoxy groups -OCH3 is 1. The van der Waals surface area contributed by atoms with Crippen LogP contribution in [0.4, 0.5) is 0 Å². The van der Waals surface area contributed by atoms with Crippen LogP contribution in [0.5, 0.6) is 5.75 Å². The van der Waals surface area contributed by atoms with Crippen molar-refractivity contribution in [2.45, 2.75) is 25.4 Å². The lowest BCUT2D eigenvalue weighted by Gasteiger charge is -2.19. The molecule has 104 valence electrons. The Morgan fingerprint density at radius 2 is 1.75 bits per heavy atom. The second kappa shape index (κ2) is 6.10. The molecule has 1 saturated carbocycles. The number of hydrogen-bond donors (Lipinski definition) is 1. The average molecular weight is 267 g/mol. The molecular weight excluding hydrogens is 246 g/mol. The Hall–Kier alpha value is -1.80. The quantitative estimate of drug-likeness (QED) is 0.856. The first-order valence-corrected chi connectivity index (χ1v) is 7.28. The fourth-order valence-corrected chi connectivity index (χ4v) is 2.62. The fourth-order valence-electron chi connectivity index (χ4n) is 2.62. The predicted octanol–water partition coefficient (Wildman–Crippen LogP) is 3.94. The van der Waals surface area contributed by atoms with Gasteiger partial charge in [-0.05, 0) is 42.0 Å². The highest BCUT2D eigenvalue weighted by molar-refractivity contribution is 5.30. The van der Waals surface area contributed by atoms with E-state index in [4.69, 9.17) is 4.74 Å². The summed E-state index contributed by atoms with van der Waals surface area (Å²) < 4.78 is 5.23. The number of nitrogens with one attached hydrogen (secondary N) is 1. The molecule has 0 spiro atoms. The van der Waals surface area contributed by atoms with Crippen LogP contribution < -0.4 is 10.1 Å². The molecular formula is C18H21NO. The lowest BCUT2D eigenvalue weighted by atomic mass is 10.0. The maximum atomic E-state index is 5.23. The maximum Gasteiger partial charge on any atom is 0.118 e. The van der Waals surface area contributed by atoms with E-state index in [1.54, 1.807) is 7.11 Å². The number of rotatable bonds is 6. The molecule has 0 amide bonds. The van der Waals surface area contributed by atoms with Crippen molar-refractivity contribution in [2.75, 3.05) is 7.11 Å². The zero-order chi connectivity index (χ0) is 13.8. The van der Waals surface area contributed by atoms with Crippen molar-refractivity contribution >= 4 is 0 Å². The molecule has 0 saturated heterocycles. The lowest BCUT2D eigenvalue weighted by molar-refractivity contribution is 0.413. The van der Waals surface area contributed by atoms with Gasteiger partial charge in [-0.25, -0.2) is 0 Å². The summed E-state index contributed by atoms with van der Waals surface area (Å²) >= 11 is 0. The third-order valence-electron chi connectivity index (χ3n) is 3.94. The van der Waals surface area contributed by atoms with Crippen LogP contribution in [0.3, 0.4) is 0 Å². The molecule has 1 N–H and O–H groups in total. The lowest BCUT2D eigenvalue weighted by Crippen LogP contribution is -2.22. The van der Waals surface area contributed by atoms with Crippen molar-refractivity contribution in [3.63, 3.8) is 0 Å². The number of ether oxygens (including phenoxy) is 1. The van der Waals surface area contributed by atoms with E-state index in [9.17, 15) is 0 Å². The Labute approximate surface area is 120 Å². The van der Waals surface area contributed by atoms with Gasteiger partial charge in [-0.1, -0.05) is 42.5 Å². The molecule has 1 aliphatic carbocycles. The van der Waals surface area contributed by atoms with Crippen molar-refractivity contribution in [2.24, 2.45) is 5.92 Å². The molecule has 1 aliphatic rings. The van der Waals surface area contributed by atoms with Gasteiger partial charge in [0.15, 0.2) is 0 Å². The molecule has 1 atom stereocenters. The van der Waals surface area contributed by atoms with E-state index in [2.05, 4.69) is 59.9 Å². The largest absolute Gasteiger partial charge is 0.497 e. The monoisotopic (exact) mass is 267 g/mol. The van der Waals surface area contributed by atoms with Crippen LogP contribution in [0.2, 0.25) is 0 Å². The first-order chi connectivity index (χ1) is 9.86. The van der Waals surface area contributed by atoms with Crippen molar-refractivity contribution in [1.82, 2.24) is 5.32 Å². The van der Waals surface area contributed by atoms with Crippen LogP contribution >= 0.6 is 0 Å². The highest BCUT2D eigenvalue weighted by Crippen LogP contribution is 2.41. The van der Waals surface area contributed by atoms with Crippen molar-refractivity contribution in [1.29, 1.82) is 0 Å². The molecule has 0 bridgehead atoms. The minimum Gasteiger partial charge on any atom is -0.497 e. The third kappa shape index (κ3) is 3.20. The Kier molecular flexibility index (Phi) is 4.03. The fraction of sp³-hybridized carbons (Fsp3) is 0.333. The summed E-state index contributed by atoms with van der Waals surface area (Å²) in [6.07, 6.45) is 2.66. The maximum absolute atomic E-state index is 5.23. The molecule has 0 radical (unpaired) electrons. The minimum atomic E-state index is 0.459. The molecule has 0 aliphatic heterocycles. The van der Waals surface area contributed by atoms with Crippen LogP contribution in [-0.2, 0) is 6.54 Å². The highest BCUT2D eigenvalue weighted by Gasteiger charge is 2.31. The minimum absolute atomic E-state index is 0.459. The molecule has 20 heavy (non-hydrogen) atoms. The van der Waals surface area contributed by atoms with Crippen LogP contribution in [-0.4, -0.2) is 7.11 Å². The van der Waals surface area contributed by atoms with E-state index >= 15 is 0 Å². The SMILES string of the molecule is COc1ccc(C(NCc2ccccc2)C2CC2)cc1. The zero-order valence-electron chi connectivity index (χ0n) is 11.9. The van der Waals surface area contributed by atoms with Gasteiger partial charge in [-0.15, -0.1) is 0 Å². The van der Waals surface area contributed by atoms with E-state index in [1.807, 2.05) is 0 Å². The molecule has 2 aromatic carbocycles. The van der Waals surface area contributed by atoms with Gasteiger partial charge in [0.25, 0.3) is 0 Å². The van der Waals surface area contributed by atoms with E-state index in [0.717, 1.165) is 18.2 Å². The van der Waals surface area contributed by atoms with Gasteiger partial charge in [-0.2, -0.15) is 0 Å². The first kappa shape index (κ1) is 13.2. The Bertz CT molecular complexity index is 531. The second-order valence-electron chi connectivity index (χ2n) is 5.45. The van der Waals surface area contributed by atoms with Gasteiger partial charge in [0.05, 0.1) is 7.11 Å². The predicted molar refractivity (Wildman–Crippen MR) is 81.7 cm³/mol. The topological polar surface area (TPSA) is 21.3 Å². The zero-order valence-corrected chi connectivity index (χ0v) is 11.9. The first-order valence-electron chi connectivity index (χ1n) is 7.28. The summed E-state index contributed by atoms with van der Waals surface area (Å²) in [6.45, 7) is 0.925. The van der Waals surface area contributed by atoms with Gasteiger partial charge in [0.1, 0.15) is 5.75 Å². The van der Waals surface area contributed by atoms with E-state index < -0.39 is 0 Å². The van der Waals surface area contributed by atoms with Gasteiger partial charge in [0.2, 0.25) is 0 Å². The average Bonchev–Trinajstić information content (AvgIpc) is 3.34. The summed E-state index contributed by atoms with van der Waals surface area (Å²) in [7, 11) is 1.71. The van der Waals surface area contributed by atoms with E-state index in [1.165, 1.54) is 24.0 Å². The third-order valence-corrected chi connectivity index (χ3v) is 3.94. The summed E-state index contributed by atoms with van der Waals surface area (Å²) in [5.41, 5.74) is 2.70. The summed E-state index contributed by atoms with van der Waals surface area (Å²) in [5.74, 6) is 1.71. The molecule has 0 aromatic heterocycles. The Morgan fingerprint density at radius 1 is 1.05 bits per heavy atom. The van der Waals surface area contributed by atoms with Crippen molar-refractivity contribution in [3.8, 4) is 5.75 Å². The molecule has 2 aromatic rings. The summed E-state index contributed by atoms with van der Waals surface area (Å²) in [6, 6.07) is 19.5. The van der Waals surface area contributed by atoms with Crippen molar-refractivity contribution in [3.05, 3.63) is 65.7 Å². The summed E-state index contributed by atoms with van der Waals surface area (Å²) in [4.78, 5) is 0. The smallest absolute Gasteiger partial charge is 0.118 e. The van der Waals surface area contributed by atoms with Crippen LogP contribution in [0.25, 0.3) is 0 Å². The summed E-state index contributed by atoms with van der Waals surface area (Å²) in [5, 5.41) is 3.71. The molecule has 3 rings (SSSR count). The van der Waals surface area contributed by atoms with E-state index in [0.29, 0.717) is 6.04 Å². The standard InChI is InChI=1S/C18H21NO/c1-20-17-11-9-16(10-12-17)18(15-7-8-15)19-13-14-5-3-2-4-6-14/h2-6,9-12,15,18-19H,7-8,13H2,1H3. The molecule has 1 fully saturated rings. The van der Waals surface area contributed by atoms with Crippen LogP contribution in [0.15, 0.2) is 54.6 Å². The normalized spacial score (nSPS) is 15.8. The number of benzene rings is 2. The molecule has 0 heterocycles. The Balaban J connectivity index is 1.69.